The molecule has 110 valence electrons. The van der Waals surface area contributed by atoms with Crippen LogP contribution in [0.2, 0.25) is 0 Å². The van der Waals surface area contributed by atoms with Crippen molar-refractivity contribution in [2.24, 2.45) is 0 Å². The number of rotatable bonds is 0. The number of aromatic amines is 1. The summed E-state index contributed by atoms with van der Waals surface area (Å²) in [6, 6.07) is 18.7. The molecule has 3 aromatic rings. The minimum atomic E-state index is 0.399. The van der Waals surface area contributed by atoms with Gasteiger partial charge in [-0.05, 0) is 42.5 Å². The Balaban J connectivity index is 1.79. The van der Waals surface area contributed by atoms with Crippen molar-refractivity contribution in [3.05, 3.63) is 70.9 Å². The third kappa shape index (κ3) is 1.59. The van der Waals surface area contributed by atoms with Crippen molar-refractivity contribution >= 4 is 10.9 Å². The average molecular weight is 288 g/mol. The highest BCUT2D eigenvalue weighted by Crippen LogP contribution is 2.43. The van der Waals surface area contributed by atoms with Crippen molar-refractivity contribution in [3.8, 4) is 0 Å². The van der Waals surface area contributed by atoms with Crippen molar-refractivity contribution in [1.82, 2.24) is 9.88 Å². The molecule has 0 bridgehead atoms. The molecule has 2 nitrogen and oxygen atoms in total. The summed E-state index contributed by atoms with van der Waals surface area (Å²) in [7, 11) is 0. The number of hydrogen-bond acceptors (Lipinski definition) is 1. The molecule has 0 spiro atoms. The van der Waals surface area contributed by atoms with Crippen molar-refractivity contribution in [2.45, 2.75) is 31.8 Å². The Hall–Kier alpha value is -2.06. The van der Waals surface area contributed by atoms with Crippen LogP contribution in [0.15, 0.2) is 48.5 Å². The van der Waals surface area contributed by atoms with Gasteiger partial charge < -0.3 is 4.98 Å². The lowest BCUT2D eigenvalue weighted by molar-refractivity contribution is 0.139. The summed E-state index contributed by atoms with van der Waals surface area (Å²) >= 11 is 0. The summed E-state index contributed by atoms with van der Waals surface area (Å²) in [6.45, 7) is 3.54. The van der Waals surface area contributed by atoms with Crippen LogP contribution < -0.4 is 0 Å². The summed E-state index contributed by atoms with van der Waals surface area (Å²) in [5.41, 5.74) is 7.24. The van der Waals surface area contributed by atoms with Gasteiger partial charge in [0.2, 0.25) is 0 Å². The fraction of sp³-hybridized carbons (Fsp3) is 0.300. The number of hydrogen-bond donors (Lipinski definition) is 1. The zero-order valence-corrected chi connectivity index (χ0v) is 12.8. The third-order valence-corrected chi connectivity index (χ3v) is 5.51. The van der Waals surface area contributed by atoms with E-state index in [0.29, 0.717) is 12.1 Å². The molecule has 5 rings (SSSR count). The molecule has 1 N–H and O–H groups in total. The lowest BCUT2D eigenvalue weighted by Crippen LogP contribution is -2.46. The van der Waals surface area contributed by atoms with Crippen molar-refractivity contribution in [1.29, 1.82) is 0 Å². The van der Waals surface area contributed by atoms with E-state index in [1.165, 1.54) is 39.7 Å². The highest BCUT2D eigenvalue weighted by Gasteiger charge is 2.38. The topological polar surface area (TPSA) is 19.0 Å². The van der Waals surface area contributed by atoms with E-state index in [4.69, 9.17) is 0 Å². The number of H-pyrrole nitrogens is 1. The monoisotopic (exact) mass is 288 g/mol. The number of para-hydroxylation sites is 1. The Kier molecular flexibility index (Phi) is 2.53. The molecule has 2 aliphatic rings. The molecule has 2 aliphatic heterocycles. The van der Waals surface area contributed by atoms with Crippen LogP contribution in [0.1, 0.15) is 35.3 Å². The fourth-order valence-corrected chi connectivity index (χ4v) is 4.47. The van der Waals surface area contributed by atoms with Gasteiger partial charge >= 0.3 is 0 Å². The van der Waals surface area contributed by atoms with E-state index in [-0.39, 0.29) is 0 Å². The maximum absolute atomic E-state index is 3.74. The quantitative estimate of drug-likeness (QED) is 0.661. The van der Waals surface area contributed by atoms with Crippen molar-refractivity contribution in [3.63, 3.8) is 0 Å². The van der Waals surface area contributed by atoms with Gasteiger partial charge in [0.1, 0.15) is 0 Å². The van der Waals surface area contributed by atoms with Gasteiger partial charge in [0.25, 0.3) is 0 Å². The number of nitrogens with one attached hydrogen (secondary N) is 1. The molecule has 3 heterocycles. The number of benzene rings is 2. The Labute approximate surface area is 130 Å². The largest absolute Gasteiger partial charge is 0.357 e. The minimum Gasteiger partial charge on any atom is -0.357 e. The van der Waals surface area contributed by atoms with Gasteiger partial charge in [-0.25, -0.2) is 0 Å². The van der Waals surface area contributed by atoms with E-state index in [1.807, 2.05) is 0 Å². The van der Waals surface area contributed by atoms with E-state index >= 15 is 0 Å². The molecule has 2 aromatic carbocycles. The normalized spacial score (nSPS) is 23.9. The molecular weight excluding hydrogens is 268 g/mol. The van der Waals surface area contributed by atoms with E-state index < -0.39 is 0 Å². The average Bonchev–Trinajstić information content (AvgIpc) is 2.93. The molecule has 2 atom stereocenters. The Morgan fingerprint density at radius 2 is 1.86 bits per heavy atom. The third-order valence-electron chi connectivity index (χ3n) is 5.51. The lowest BCUT2D eigenvalue weighted by Gasteiger charge is -2.44. The molecule has 2 unspecified atom stereocenters. The highest BCUT2D eigenvalue weighted by molar-refractivity contribution is 5.85. The van der Waals surface area contributed by atoms with Crippen LogP contribution in [0.25, 0.3) is 10.9 Å². The molecule has 0 radical (unpaired) electrons. The summed E-state index contributed by atoms with van der Waals surface area (Å²) < 4.78 is 0. The first-order valence-electron chi connectivity index (χ1n) is 8.26. The van der Waals surface area contributed by atoms with Crippen LogP contribution in [0.5, 0.6) is 0 Å². The van der Waals surface area contributed by atoms with E-state index in [2.05, 4.69) is 65.3 Å². The zero-order valence-electron chi connectivity index (χ0n) is 12.8. The molecular formula is C20H20N2. The van der Waals surface area contributed by atoms with Gasteiger partial charge in [-0.3, -0.25) is 4.90 Å². The van der Waals surface area contributed by atoms with Crippen LogP contribution in [-0.4, -0.2) is 22.5 Å². The molecule has 1 aromatic heterocycles. The fourth-order valence-electron chi connectivity index (χ4n) is 4.47. The summed E-state index contributed by atoms with van der Waals surface area (Å²) in [5, 5.41) is 1.41. The zero-order chi connectivity index (χ0) is 14.7. The van der Waals surface area contributed by atoms with Gasteiger partial charge in [0.05, 0.1) is 6.04 Å². The van der Waals surface area contributed by atoms with Crippen LogP contribution in [-0.2, 0) is 12.8 Å². The van der Waals surface area contributed by atoms with Crippen molar-refractivity contribution < 1.29 is 0 Å². The van der Waals surface area contributed by atoms with Crippen LogP contribution >= 0.6 is 0 Å². The van der Waals surface area contributed by atoms with Gasteiger partial charge in [-0.1, -0.05) is 42.5 Å². The van der Waals surface area contributed by atoms with Gasteiger partial charge in [0.15, 0.2) is 0 Å². The maximum atomic E-state index is 3.74. The SMILES string of the molecule is CC1Cc2c([nH]c3ccccc23)C2c3ccccc3CCN12. The molecule has 2 heteroatoms. The van der Waals surface area contributed by atoms with Crippen LogP contribution in [0.4, 0.5) is 0 Å². The Morgan fingerprint density at radius 1 is 1.05 bits per heavy atom. The standard InChI is InChI=1S/C20H20N2/c1-13-12-17-16-8-4-5-9-18(16)21-19(17)20-15-7-3-2-6-14(15)10-11-22(13)20/h2-9,13,20-21H,10-12H2,1H3. The molecule has 22 heavy (non-hydrogen) atoms. The van der Waals surface area contributed by atoms with E-state index in [9.17, 15) is 0 Å². The number of aromatic nitrogens is 1. The number of fused-ring (bicyclic) bond motifs is 7. The Morgan fingerprint density at radius 3 is 2.82 bits per heavy atom. The lowest BCUT2D eigenvalue weighted by atomic mass is 9.83. The molecule has 0 saturated carbocycles. The van der Waals surface area contributed by atoms with E-state index in [0.717, 1.165) is 13.0 Å². The van der Waals surface area contributed by atoms with Gasteiger partial charge in [-0.15, -0.1) is 0 Å². The van der Waals surface area contributed by atoms with E-state index in [1.54, 1.807) is 0 Å². The maximum Gasteiger partial charge on any atom is 0.0762 e. The first-order chi connectivity index (χ1) is 10.8. The predicted molar refractivity (Wildman–Crippen MR) is 90.2 cm³/mol. The summed E-state index contributed by atoms with van der Waals surface area (Å²) in [4.78, 5) is 6.42. The second kappa shape index (κ2) is 4.47. The second-order valence-corrected chi connectivity index (χ2v) is 6.71. The first kappa shape index (κ1) is 12.5. The van der Waals surface area contributed by atoms with Crippen molar-refractivity contribution in [2.75, 3.05) is 6.54 Å². The van der Waals surface area contributed by atoms with Gasteiger partial charge in [0, 0.05) is 29.2 Å². The summed E-state index contributed by atoms with van der Waals surface area (Å²) in [5.74, 6) is 0. The molecule has 0 aliphatic carbocycles. The smallest absolute Gasteiger partial charge is 0.0762 e. The summed E-state index contributed by atoms with van der Waals surface area (Å²) in [6.07, 6.45) is 2.32. The molecule has 0 amide bonds. The predicted octanol–water partition coefficient (Wildman–Crippen LogP) is 4.06. The van der Waals surface area contributed by atoms with Crippen LogP contribution in [0, 0.1) is 0 Å². The number of nitrogens with zero attached hydrogens (tertiary/aromatic N) is 1. The highest BCUT2D eigenvalue weighted by atomic mass is 15.2. The Bertz CT molecular complexity index is 861. The molecule has 0 fully saturated rings. The van der Waals surface area contributed by atoms with Crippen LogP contribution in [0.3, 0.4) is 0 Å². The minimum absolute atomic E-state index is 0.399. The first-order valence-corrected chi connectivity index (χ1v) is 8.26. The van der Waals surface area contributed by atoms with Gasteiger partial charge in [-0.2, -0.15) is 0 Å². The molecule has 0 saturated heterocycles. The second-order valence-electron chi connectivity index (χ2n) is 6.71.